The molecule has 2 fully saturated rings. The molecule has 0 aliphatic carbocycles. The first-order chi connectivity index (χ1) is 9.65. The Morgan fingerprint density at radius 2 is 2.05 bits per heavy atom. The molecule has 3 unspecified atom stereocenters. The predicted octanol–water partition coefficient (Wildman–Crippen LogP) is 1.84. The lowest BCUT2D eigenvalue weighted by Gasteiger charge is -2.41. The van der Waals surface area contributed by atoms with E-state index in [4.69, 9.17) is 5.73 Å². The second kappa shape index (κ2) is 7.41. The molecule has 0 radical (unpaired) electrons. The van der Waals surface area contributed by atoms with Gasteiger partial charge in [-0.05, 0) is 51.5 Å². The molecule has 2 saturated heterocycles. The second-order valence-electron chi connectivity index (χ2n) is 6.59. The fourth-order valence-corrected chi connectivity index (χ4v) is 3.74. The first kappa shape index (κ1) is 15.8. The Labute approximate surface area is 123 Å². The van der Waals surface area contributed by atoms with Gasteiger partial charge in [-0.25, -0.2) is 0 Å². The molecule has 1 amide bonds. The Balaban J connectivity index is 1.89. The van der Waals surface area contributed by atoms with E-state index in [-0.39, 0.29) is 0 Å². The van der Waals surface area contributed by atoms with Crippen LogP contribution in [0.2, 0.25) is 0 Å². The van der Waals surface area contributed by atoms with Gasteiger partial charge in [0.2, 0.25) is 5.91 Å². The van der Waals surface area contributed by atoms with E-state index in [1.165, 1.54) is 19.3 Å². The summed E-state index contributed by atoms with van der Waals surface area (Å²) in [6.07, 6.45) is 7.20. The monoisotopic (exact) mass is 281 g/mol. The van der Waals surface area contributed by atoms with E-state index in [0.29, 0.717) is 31.1 Å². The number of rotatable bonds is 4. The molecule has 2 aliphatic rings. The van der Waals surface area contributed by atoms with Gasteiger partial charge in [0.25, 0.3) is 0 Å². The summed E-state index contributed by atoms with van der Waals surface area (Å²) in [7, 11) is 0. The minimum atomic E-state index is 0.311. The van der Waals surface area contributed by atoms with Gasteiger partial charge in [0.05, 0.1) is 6.54 Å². The lowest BCUT2D eigenvalue weighted by atomic mass is 9.89. The molecule has 0 spiro atoms. The van der Waals surface area contributed by atoms with Gasteiger partial charge in [-0.1, -0.05) is 13.3 Å². The van der Waals surface area contributed by atoms with Crippen LogP contribution in [0.25, 0.3) is 0 Å². The van der Waals surface area contributed by atoms with Crippen molar-refractivity contribution in [2.24, 2.45) is 11.7 Å². The van der Waals surface area contributed by atoms with Gasteiger partial charge < -0.3 is 10.6 Å². The summed E-state index contributed by atoms with van der Waals surface area (Å²) in [6.45, 7) is 7.67. The molecule has 2 N–H and O–H groups in total. The van der Waals surface area contributed by atoms with Gasteiger partial charge >= 0.3 is 0 Å². The molecule has 20 heavy (non-hydrogen) atoms. The maximum atomic E-state index is 12.5. The van der Waals surface area contributed by atoms with Crippen molar-refractivity contribution in [1.29, 1.82) is 0 Å². The number of hydrogen-bond donors (Lipinski definition) is 1. The molecule has 116 valence electrons. The molecule has 4 heteroatoms. The van der Waals surface area contributed by atoms with Gasteiger partial charge in [-0.2, -0.15) is 0 Å². The van der Waals surface area contributed by atoms with E-state index >= 15 is 0 Å². The van der Waals surface area contributed by atoms with Crippen molar-refractivity contribution in [3.05, 3.63) is 0 Å². The summed E-state index contributed by atoms with van der Waals surface area (Å²) < 4.78 is 0. The standard InChI is InChI=1S/C16H31N3O/c1-3-14-7-9-18(15(10-14)11-17)12-16(20)19-8-5-4-6-13(19)2/h13-15H,3-12,17H2,1-2H3. The summed E-state index contributed by atoms with van der Waals surface area (Å²) in [5.74, 6) is 1.11. The van der Waals surface area contributed by atoms with E-state index < -0.39 is 0 Å². The summed E-state index contributed by atoms with van der Waals surface area (Å²) >= 11 is 0. The number of likely N-dealkylation sites (tertiary alicyclic amines) is 2. The van der Waals surface area contributed by atoms with Crippen molar-refractivity contribution in [2.75, 3.05) is 26.2 Å². The topological polar surface area (TPSA) is 49.6 Å². The molecule has 0 aromatic carbocycles. The van der Waals surface area contributed by atoms with Crippen molar-refractivity contribution >= 4 is 5.91 Å². The maximum absolute atomic E-state index is 12.5. The van der Waals surface area contributed by atoms with Crippen molar-refractivity contribution in [3.8, 4) is 0 Å². The van der Waals surface area contributed by atoms with Crippen LogP contribution in [0.3, 0.4) is 0 Å². The summed E-state index contributed by atoms with van der Waals surface area (Å²) in [5, 5.41) is 0. The quantitative estimate of drug-likeness (QED) is 0.855. The molecule has 2 heterocycles. The van der Waals surface area contributed by atoms with E-state index in [1.54, 1.807) is 0 Å². The SMILES string of the molecule is CCC1CCN(CC(=O)N2CCCCC2C)C(CN)C1. The zero-order chi connectivity index (χ0) is 14.5. The Kier molecular flexibility index (Phi) is 5.85. The van der Waals surface area contributed by atoms with Gasteiger partial charge in [0, 0.05) is 25.2 Å². The molecule has 2 aliphatic heterocycles. The third kappa shape index (κ3) is 3.73. The molecule has 0 aromatic heterocycles. The molecule has 0 saturated carbocycles. The van der Waals surface area contributed by atoms with Crippen LogP contribution < -0.4 is 5.73 Å². The smallest absolute Gasteiger partial charge is 0.236 e. The first-order valence-electron chi connectivity index (χ1n) is 8.39. The largest absolute Gasteiger partial charge is 0.339 e. The van der Waals surface area contributed by atoms with Crippen LogP contribution in [0.4, 0.5) is 0 Å². The van der Waals surface area contributed by atoms with E-state index in [2.05, 4.69) is 23.6 Å². The highest BCUT2D eigenvalue weighted by atomic mass is 16.2. The van der Waals surface area contributed by atoms with Crippen LogP contribution >= 0.6 is 0 Å². The Morgan fingerprint density at radius 1 is 1.25 bits per heavy atom. The maximum Gasteiger partial charge on any atom is 0.236 e. The van der Waals surface area contributed by atoms with Gasteiger partial charge in [-0.15, -0.1) is 0 Å². The summed E-state index contributed by atoms with van der Waals surface area (Å²) in [4.78, 5) is 16.9. The van der Waals surface area contributed by atoms with Crippen LogP contribution in [0.15, 0.2) is 0 Å². The van der Waals surface area contributed by atoms with Crippen molar-refractivity contribution in [3.63, 3.8) is 0 Å². The average molecular weight is 281 g/mol. The fraction of sp³-hybridized carbons (Fsp3) is 0.938. The van der Waals surface area contributed by atoms with Crippen LogP contribution in [0.5, 0.6) is 0 Å². The number of amides is 1. The van der Waals surface area contributed by atoms with Gasteiger partial charge in [-0.3, -0.25) is 9.69 Å². The molecule has 3 atom stereocenters. The minimum absolute atomic E-state index is 0.311. The zero-order valence-corrected chi connectivity index (χ0v) is 13.2. The predicted molar refractivity (Wildman–Crippen MR) is 82.5 cm³/mol. The van der Waals surface area contributed by atoms with Crippen LogP contribution in [-0.4, -0.2) is 54.0 Å². The molecule has 2 rings (SSSR count). The average Bonchev–Trinajstić information content (AvgIpc) is 2.48. The van der Waals surface area contributed by atoms with Crippen LogP contribution in [-0.2, 0) is 4.79 Å². The van der Waals surface area contributed by atoms with Crippen molar-refractivity contribution < 1.29 is 4.79 Å². The number of carbonyl (C=O) groups excluding carboxylic acids is 1. The number of nitrogens with zero attached hydrogens (tertiary/aromatic N) is 2. The van der Waals surface area contributed by atoms with E-state index in [0.717, 1.165) is 38.3 Å². The van der Waals surface area contributed by atoms with Crippen LogP contribution in [0.1, 0.15) is 52.4 Å². The second-order valence-corrected chi connectivity index (χ2v) is 6.59. The van der Waals surface area contributed by atoms with E-state index in [1.807, 2.05) is 0 Å². The highest BCUT2D eigenvalue weighted by Crippen LogP contribution is 2.25. The summed E-state index contributed by atoms with van der Waals surface area (Å²) in [5.41, 5.74) is 5.93. The zero-order valence-electron chi connectivity index (χ0n) is 13.2. The Morgan fingerprint density at radius 3 is 2.70 bits per heavy atom. The third-order valence-corrected chi connectivity index (χ3v) is 5.26. The summed E-state index contributed by atoms with van der Waals surface area (Å²) in [6, 6.07) is 0.818. The highest BCUT2D eigenvalue weighted by molar-refractivity contribution is 5.78. The number of carbonyl (C=O) groups is 1. The normalized spacial score (nSPS) is 32.4. The van der Waals surface area contributed by atoms with Crippen molar-refractivity contribution in [2.45, 2.75) is 64.5 Å². The Bertz CT molecular complexity index is 321. The number of piperidine rings is 2. The minimum Gasteiger partial charge on any atom is -0.339 e. The molecular formula is C16H31N3O. The lowest BCUT2D eigenvalue weighted by Crippen LogP contribution is -2.53. The first-order valence-corrected chi connectivity index (χ1v) is 8.39. The Hall–Kier alpha value is -0.610. The fourth-order valence-electron chi connectivity index (χ4n) is 3.74. The molecule has 0 aromatic rings. The number of hydrogen-bond acceptors (Lipinski definition) is 3. The molecular weight excluding hydrogens is 250 g/mol. The third-order valence-electron chi connectivity index (χ3n) is 5.26. The number of nitrogens with two attached hydrogens (primary N) is 1. The van der Waals surface area contributed by atoms with E-state index in [9.17, 15) is 4.79 Å². The van der Waals surface area contributed by atoms with Gasteiger partial charge in [0.1, 0.15) is 0 Å². The lowest BCUT2D eigenvalue weighted by molar-refractivity contribution is -0.136. The van der Waals surface area contributed by atoms with Gasteiger partial charge in [0.15, 0.2) is 0 Å². The molecule has 0 bridgehead atoms. The highest BCUT2D eigenvalue weighted by Gasteiger charge is 2.30. The van der Waals surface area contributed by atoms with Crippen molar-refractivity contribution in [1.82, 2.24) is 9.80 Å². The molecule has 4 nitrogen and oxygen atoms in total. The van der Waals surface area contributed by atoms with Crippen LogP contribution in [0, 0.1) is 5.92 Å².